The summed E-state index contributed by atoms with van der Waals surface area (Å²) < 4.78 is 0. The molecule has 2 atom stereocenters. The van der Waals surface area contributed by atoms with Gasteiger partial charge in [0.1, 0.15) is 0 Å². The molecule has 2 fully saturated rings. The minimum atomic E-state index is 0.898. The Kier molecular flexibility index (Phi) is 0.160. The van der Waals surface area contributed by atoms with E-state index >= 15 is 0 Å². The van der Waals surface area contributed by atoms with Crippen LogP contribution in [0.1, 0.15) is 6.42 Å². The molecule has 0 spiro atoms. The molecule has 2 rings (SSSR count). The van der Waals surface area contributed by atoms with Crippen molar-refractivity contribution in [3.8, 4) is 0 Å². The van der Waals surface area contributed by atoms with Crippen molar-refractivity contribution >= 4 is 0 Å². The molecule has 0 nitrogen and oxygen atoms in total. The van der Waals surface area contributed by atoms with Crippen LogP contribution in [0.2, 0.25) is 0 Å². The summed E-state index contributed by atoms with van der Waals surface area (Å²) in [6.45, 7) is 3.88. The summed E-state index contributed by atoms with van der Waals surface area (Å²) in [7, 11) is 0. The number of fused-ring (bicyclic) bond motifs is 1. The molecule has 27 valence electrons. The zero-order valence-corrected chi connectivity index (χ0v) is 3.15. The largest absolute Gasteiger partial charge is 0.0496 e. The van der Waals surface area contributed by atoms with E-state index < -0.39 is 0 Å². The van der Waals surface area contributed by atoms with Crippen LogP contribution in [0.5, 0.6) is 0 Å². The molecule has 5 heavy (non-hydrogen) atoms. The Morgan fingerprint density at radius 1 is 1.40 bits per heavy atom. The van der Waals surface area contributed by atoms with Crippen LogP contribution in [0, 0.1) is 24.7 Å². The van der Waals surface area contributed by atoms with Crippen molar-refractivity contribution in [2.45, 2.75) is 6.42 Å². The lowest BCUT2D eigenvalue weighted by Gasteiger charge is -1.81. The second kappa shape index (κ2) is 0.360. The second-order valence-corrected chi connectivity index (χ2v) is 2.23. The molecule has 2 aliphatic rings. The van der Waals surface area contributed by atoms with E-state index in [0.717, 1.165) is 17.8 Å². The SMILES string of the molecule is [CH2]C1C2CC12. The van der Waals surface area contributed by atoms with Crippen LogP contribution >= 0.6 is 0 Å². The van der Waals surface area contributed by atoms with E-state index in [1.165, 1.54) is 6.42 Å². The summed E-state index contributed by atoms with van der Waals surface area (Å²) in [5.41, 5.74) is 0. The molecule has 0 heterocycles. The third kappa shape index (κ3) is 0.111. The van der Waals surface area contributed by atoms with E-state index in [1.807, 2.05) is 0 Å². The first-order valence-electron chi connectivity index (χ1n) is 2.22. The highest BCUT2D eigenvalue weighted by Gasteiger charge is 2.60. The summed E-state index contributed by atoms with van der Waals surface area (Å²) in [5.74, 6) is 3.11. The van der Waals surface area contributed by atoms with E-state index in [2.05, 4.69) is 6.92 Å². The van der Waals surface area contributed by atoms with Gasteiger partial charge < -0.3 is 0 Å². The Morgan fingerprint density at radius 2 is 1.80 bits per heavy atom. The maximum absolute atomic E-state index is 3.88. The molecule has 0 aliphatic heterocycles. The van der Waals surface area contributed by atoms with E-state index in [4.69, 9.17) is 0 Å². The van der Waals surface area contributed by atoms with Gasteiger partial charge >= 0.3 is 0 Å². The highest BCUT2D eigenvalue weighted by atomic mass is 14.7. The normalized spacial score (nSPS) is 70.2. The Labute approximate surface area is 32.2 Å². The van der Waals surface area contributed by atoms with Gasteiger partial charge in [0.25, 0.3) is 0 Å². The third-order valence-corrected chi connectivity index (χ3v) is 1.85. The first-order valence-corrected chi connectivity index (χ1v) is 2.22. The van der Waals surface area contributed by atoms with Gasteiger partial charge in [-0.05, 0) is 31.1 Å². The minimum absolute atomic E-state index is 0.898. The monoisotopic (exact) mass is 67.1 g/mol. The zero-order valence-electron chi connectivity index (χ0n) is 3.15. The van der Waals surface area contributed by atoms with Crippen LogP contribution in [0.4, 0.5) is 0 Å². The Hall–Kier alpha value is 0. The molecule has 2 aliphatic carbocycles. The molecule has 2 unspecified atom stereocenters. The van der Waals surface area contributed by atoms with Gasteiger partial charge in [0, 0.05) is 0 Å². The van der Waals surface area contributed by atoms with Crippen LogP contribution < -0.4 is 0 Å². The van der Waals surface area contributed by atoms with Crippen LogP contribution in [-0.2, 0) is 0 Å². The third-order valence-electron chi connectivity index (χ3n) is 1.85. The van der Waals surface area contributed by atoms with E-state index in [0.29, 0.717) is 0 Å². The minimum Gasteiger partial charge on any atom is -0.0496 e. The first kappa shape index (κ1) is 2.22. The topological polar surface area (TPSA) is 0 Å². The molecule has 0 aromatic heterocycles. The van der Waals surface area contributed by atoms with Gasteiger partial charge in [-0.2, -0.15) is 0 Å². The standard InChI is InChI=1S/C5H7/c1-3-4-2-5(3)4/h3-5H,1-2H2. The summed E-state index contributed by atoms with van der Waals surface area (Å²) in [5, 5.41) is 0. The predicted octanol–water partition coefficient (Wildman–Crippen LogP) is 1.09. The van der Waals surface area contributed by atoms with E-state index in [-0.39, 0.29) is 0 Å². The smallest absolute Gasteiger partial charge is 0.0349 e. The maximum Gasteiger partial charge on any atom is -0.0349 e. The molecule has 0 N–H and O–H groups in total. The van der Waals surface area contributed by atoms with Gasteiger partial charge in [-0.1, -0.05) is 0 Å². The fourth-order valence-electron chi connectivity index (χ4n) is 0.914. The van der Waals surface area contributed by atoms with Gasteiger partial charge in [-0.15, -0.1) is 0 Å². The molecule has 0 bridgehead atoms. The van der Waals surface area contributed by atoms with Crippen molar-refractivity contribution in [1.82, 2.24) is 0 Å². The molecule has 0 aromatic carbocycles. The summed E-state index contributed by atoms with van der Waals surface area (Å²) >= 11 is 0. The number of hydrogen-bond acceptors (Lipinski definition) is 0. The van der Waals surface area contributed by atoms with Crippen molar-refractivity contribution in [1.29, 1.82) is 0 Å². The average Bonchev–Trinajstić information content (AvgIpc) is 2.11. The van der Waals surface area contributed by atoms with Crippen molar-refractivity contribution in [3.05, 3.63) is 6.92 Å². The lowest BCUT2D eigenvalue weighted by Crippen LogP contribution is -1.74. The first-order chi connectivity index (χ1) is 2.39. The highest BCUT2D eigenvalue weighted by Crippen LogP contribution is 2.67. The van der Waals surface area contributed by atoms with Gasteiger partial charge in [0.2, 0.25) is 0 Å². The predicted molar refractivity (Wildman–Crippen MR) is 20.4 cm³/mol. The van der Waals surface area contributed by atoms with Gasteiger partial charge in [-0.3, -0.25) is 0 Å². The molecule has 0 aromatic rings. The molecule has 0 heteroatoms. The van der Waals surface area contributed by atoms with Crippen molar-refractivity contribution in [2.75, 3.05) is 0 Å². The van der Waals surface area contributed by atoms with Gasteiger partial charge in [0.05, 0.1) is 0 Å². The lowest BCUT2D eigenvalue weighted by molar-refractivity contribution is 0.745. The number of rotatable bonds is 0. The van der Waals surface area contributed by atoms with E-state index in [9.17, 15) is 0 Å². The number of hydrogen-bond donors (Lipinski definition) is 0. The van der Waals surface area contributed by atoms with Crippen molar-refractivity contribution < 1.29 is 0 Å². The van der Waals surface area contributed by atoms with Crippen LogP contribution in [0.3, 0.4) is 0 Å². The van der Waals surface area contributed by atoms with Crippen LogP contribution in [0.25, 0.3) is 0 Å². The Bertz CT molecular complexity index is 51.7. The maximum atomic E-state index is 3.88. The summed E-state index contributed by atoms with van der Waals surface area (Å²) in [6, 6.07) is 0. The van der Waals surface area contributed by atoms with Crippen LogP contribution in [0.15, 0.2) is 0 Å². The van der Waals surface area contributed by atoms with Crippen molar-refractivity contribution in [2.24, 2.45) is 17.8 Å². The van der Waals surface area contributed by atoms with Crippen molar-refractivity contribution in [3.63, 3.8) is 0 Å². The molecule has 1 radical (unpaired) electrons. The highest BCUT2D eigenvalue weighted by molar-refractivity contribution is 5.12. The summed E-state index contributed by atoms with van der Waals surface area (Å²) in [6.07, 6.45) is 1.51. The fraction of sp³-hybridized carbons (Fsp3) is 0.800. The lowest BCUT2D eigenvalue weighted by atomic mass is 10.2. The second-order valence-electron chi connectivity index (χ2n) is 2.23. The van der Waals surface area contributed by atoms with E-state index in [1.54, 1.807) is 0 Å². The average molecular weight is 67.1 g/mol. The fourth-order valence-corrected chi connectivity index (χ4v) is 0.914. The van der Waals surface area contributed by atoms with Gasteiger partial charge in [-0.25, -0.2) is 0 Å². The quantitative estimate of drug-likeness (QED) is 0.398. The van der Waals surface area contributed by atoms with Gasteiger partial charge in [0.15, 0.2) is 0 Å². The molecule has 2 saturated carbocycles. The zero-order chi connectivity index (χ0) is 3.44. The molecular formula is C5H7. The molecular weight excluding hydrogens is 60.1 g/mol. The van der Waals surface area contributed by atoms with Crippen LogP contribution in [-0.4, -0.2) is 0 Å². The Morgan fingerprint density at radius 3 is 1.80 bits per heavy atom. The summed E-state index contributed by atoms with van der Waals surface area (Å²) in [4.78, 5) is 0. The Balaban J connectivity index is 2.19. The molecule has 0 saturated heterocycles. The molecule has 0 amide bonds.